The second-order valence-electron chi connectivity index (χ2n) is 3.99. The van der Waals surface area contributed by atoms with E-state index in [-0.39, 0.29) is 0 Å². The maximum absolute atomic E-state index is 5.83. The number of anilines is 1. The summed E-state index contributed by atoms with van der Waals surface area (Å²) >= 11 is 5.83. The number of pyridine rings is 1. The van der Waals surface area contributed by atoms with Crippen molar-refractivity contribution in [2.45, 2.75) is 19.3 Å². The fourth-order valence-corrected chi connectivity index (χ4v) is 1.71. The Morgan fingerprint density at radius 2 is 2.36 bits per heavy atom. The van der Waals surface area contributed by atoms with Gasteiger partial charge >= 0.3 is 0 Å². The van der Waals surface area contributed by atoms with Crippen molar-refractivity contribution in [3.05, 3.63) is 23.5 Å². The smallest absolute Gasteiger partial charge is 0.131 e. The van der Waals surface area contributed by atoms with E-state index in [1.165, 1.54) is 19.3 Å². The Morgan fingerprint density at radius 3 is 3.00 bits per heavy atom. The van der Waals surface area contributed by atoms with E-state index in [2.05, 4.69) is 16.9 Å². The Balaban J connectivity index is 1.91. The molecule has 1 aromatic rings. The van der Waals surface area contributed by atoms with Crippen LogP contribution in [-0.4, -0.2) is 18.6 Å². The lowest BCUT2D eigenvalue weighted by Gasteiger charge is -2.18. The van der Waals surface area contributed by atoms with Crippen LogP contribution in [0, 0.1) is 5.92 Å². The van der Waals surface area contributed by atoms with Crippen LogP contribution in [0.3, 0.4) is 0 Å². The van der Waals surface area contributed by atoms with Crippen molar-refractivity contribution >= 4 is 17.3 Å². The standard InChI is InChI=1S/C11H15ClN2/c1-14(7-5-9-2-3-9)10-4-6-13-11(12)8-10/h4,6,8-9H,2-3,5,7H2,1H3. The summed E-state index contributed by atoms with van der Waals surface area (Å²) in [7, 11) is 2.11. The number of aromatic nitrogens is 1. The van der Waals surface area contributed by atoms with E-state index < -0.39 is 0 Å². The van der Waals surface area contributed by atoms with E-state index in [9.17, 15) is 0 Å². The quantitative estimate of drug-likeness (QED) is 0.711. The van der Waals surface area contributed by atoms with E-state index in [0.717, 1.165) is 18.2 Å². The van der Waals surface area contributed by atoms with Gasteiger partial charge in [-0.05, 0) is 24.5 Å². The van der Waals surface area contributed by atoms with E-state index in [0.29, 0.717) is 5.15 Å². The average Bonchev–Trinajstić information content (AvgIpc) is 2.97. The molecular formula is C11H15ClN2. The van der Waals surface area contributed by atoms with Crippen molar-refractivity contribution in [2.75, 3.05) is 18.5 Å². The first kappa shape index (κ1) is 9.78. The predicted octanol–water partition coefficient (Wildman–Crippen LogP) is 2.97. The number of hydrogen-bond acceptors (Lipinski definition) is 2. The van der Waals surface area contributed by atoms with Gasteiger partial charge in [-0.2, -0.15) is 0 Å². The van der Waals surface area contributed by atoms with Gasteiger partial charge < -0.3 is 4.90 Å². The van der Waals surface area contributed by atoms with Gasteiger partial charge in [-0.25, -0.2) is 4.98 Å². The molecule has 1 aliphatic carbocycles. The molecule has 1 aliphatic rings. The van der Waals surface area contributed by atoms with Crippen molar-refractivity contribution in [3.8, 4) is 0 Å². The van der Waals surface area contributed by atoms with Crippen LogP contribution in [0.25, 0.3) is 0 Å². The van der Waals surface area contributed by atoms with Gasteiger partial charge in [0.1, 0.15) is 5.15 Å². The molecule has 1 saturated carbocycles. The second kappa shape index (κ2) is 4.18. The SMILES string of the molecule is CN(CCC1CC1)c1ccnc(Cl)c1. The van der Waals surface area contributed by atoms with Crippen molar-refractivity contribution in [3.63, 3.8) is 0 Å². The van der Waals surface area contributed by atoms with Gasteiger partial charge in [0, 0.05) is 25.5 Å². The highest BCUT2D eigenvalue weighted by Crippen LogP contribution is 2.32. The van der Waals surface area contributed by atoms with E-state index in [1.807, 2.05) is 12.1 Å². The predicted molar refractivity (Wildman–Crippen MR) is 59.9 cm³/mol. The van der Waals surface area contributed by atoms with Crippen LogP contribution < -0.4 is 4.90 Å². The molecule has 0 saturated heterocycles. The zero-order valence-corrected chi connectivity index (χ0v) is 9.17. The number of rotatable bonds is 4. The first-order chi connectivity index (χ1) is 6.75. The summed E-state index contributed by atoms with van der Waals surface area (Å²) in [5, 5.41) is 0.570. The van der Waals surface area contributed by atoms with Crippen LogP contribution in [0.15, 0.2) is 18.3 Å². The van der Waals surface area contributed by atoms with Gasteiger partial charge in [-0.1, -0.05) is 24.4 Å². The van der Waals surface area contributed by atoms with Crippen LogP contribution in [-0.2, 0) is 0 Å². The highest BCUT2D eigenvalue weighted by Gasteiger charge is 2.21. The van der Waals surface area contributed by atoms with Gasteiger partial charge in [0.15, 0.2) is 0 Å². The van der Waals surface area contributed by atoms with Crippen molar-refractivity contribution in [2.24, 2.45) is 5.92 Å². The highest BCUT2D eigenvalue weighted by atomic mass is 35.5. The second-order valence-corrected chi connectivity index (χ2v) is 4.38. The molecule has 0 aliphatic heterocycles. The van der Waals surface area contributed by atoms with E-state index >= 15 is 0 Å². The minimum absolute atomic E-state index is 0.570. The van der Waals surface area contributed by atoms with Crippen LogP contribution in [0.2, 0.25) is 5.15 Å². The molecule has 3 heteroatoms. The van der Waals surface area contributed by atoms with Crippen LogP contribution in [0.5, 0.6) is 0 Å². The maximum Gasteiger partial charge on any atom is 0.131 e. The van der Waals surface area contributed by atoms with E-state index in [1.54, 1.807) is 6.20 Å². The van der Waals surface area contributed by atoms with E-state index in [4.69, 9.17) is 11.6 Å². The largest absolute Gasteiger partial charge is 0.374 e. The Hall–Kier alpha value is -0.760. The topological polar surface area (TPSA) is 16.1 Å². The fourth-order valence-electron chi connectivity index (χ4n) is 1.54. The van der Waals surface area contributed by atoms with Gasteiger partial charge in [0.05, 0.1) is 0 Å². The molecule has 1 heterocycles. The molecular weight excluding hydrogens is 196 g/mol. The Kier molecular flexibility index (Phi) is 2.92. The minimum Gasteiger partial charge on any atom is -0.374 e. The summed E-state index contributed by atoms with van der Waals surface area (Å²) in [5.41, 5.74) is 1.16. The first-order valence-electron chi connectivity index (χ1n) is 5.08. The molecule has 0 radical (unpaired) electrons. The lowest BCUT2D eigenvalue weighted by Crippen LogP contribution is -2.18. The molecule has 2 rings (SSSR count). The summed E-state index contributed by atoms with van der Waals surface area (Å²) in [6, 6.07) is 3.91. The monoisotopic (exact) mass is 210 g/mol. The van der Waals surface area contributed by atoms with Gasteiger partial charge in [-0.15, -0.1) is 0 Å². The molecule has 0 bridgehead atoms. The Labute approximate surface area is 89.9 Å². The molecule has 1 aromatic heterocycles. The van der Waals surface area contributed by atoms with Crippen LogP contribution in [0.4, 0.5) is 5.69 Å². The molecule has 76 valence electrons. The third-order valence-corrected chi connectivity index (χ3v) is 2.93. The molecule has 0 aromatic carbocycles. The zero-order chi connectivity index (χ0) is 9.97. The number of hydrogen-bond donors (Lipinski definition) is 0. The molecule has 0 atom stereocenters. The number of nitrogens with zero attached hydrogens (tertiary/aromatic N) is 2. The summed E-state index contributed by atoms with van der Waals surface area (Å²) in [6.07, 6.45) is 5.90. The maximum atomic E-state index is 5.83. The minimum atomic E-state index is 0.570. The third kappa shape index (κ3) is 2.61. The molecule has 2 nitrogen and oxygen atoms in total. The fraction of sp³-hybridized carbons (Fsp3) is 0.545. The zero-order valence-electron chi connectivity index (χ0n) is 8.41. The van der Waals surface area contributed by atoms with Crippen LogP contribution >= 0.6 is 11.6 Å². The van der Waals surface area contributed by atoms with Gasteiger partial charge in [-0.3, -0.25) is 0 Å². The summed E-state index contributed by atoms with van der Waals surface area (Å²) in [6.45, 7) is 1.12. The molecule has 1 fully saturated rings. The number of halogens is 1. The summed E-state index contributed by atoms with van der Waals surface area (Å²) in [5.74, 6) is 0.981. The van der Waals surface area contributed by atoms with Gasteiger partial charge in [0.25, 0.3) is 0 Å². The molecule has 0 spiro atoms. The van der Waals surface area contributed by atoms with Gasteiger partial charge in [0.2, 0.25) is 0 Å². The average molecular weight is 211 g/mol. The Bertz CT molecular complexity index is 310. The molecule has 0 unspecified atom stereocenters. The highest BCUT2D eigenvalue weighted by molar-refractivity contribution is 6.29. The summed E-state index contributed by atoms with van der Waals surface area (Å²) in [4.78, 5) is 6.21. The normalized spacial score (nSPS) is 15.6. The van der Waals surface area contributed by atoms with Crippen LogP contribution in [0.1, 0.15) is 19.3 Å². The van der Waals surface area contributed by atoms with Crippen molar-refractivity contribution in [1.82, 2.24) is 4.98 Å². The first-order valence-corrected chi connectivity index (χ1v) is 5.46. The van der Waals surface area contributed by atoms with Crippen molar-refractivity contribution < 1.29 is 0 Å². The molecule has 0 N–H and O–H groups in total. The third-order valence-electron chi connectivity index (χ3n) is 2.72. The Morgan fingerprint density at radius 1 is 1.57 bits per heavy atom. The lowest BCUT2D eigenvalue weighted by atomic mass is 10.2. The summed E-state index contributed by atoms with van der Waals surface area (Å²) < 4.78 is 0. The van der Waals surface area contributed by atoms with Crippen molar-refractivity contribution in [1.29, 1.82) is 0 Å². The molecule has 14 heavy (non-hydrogen) atoms. The lowest BCUT2D eigenvalue weighted by molar-refractivity contribution is 0.711. The molecule has 0 amide bonds.